The lowest BCUT2D eigenvalue weighted by atomic mass is 9.92. The van der Waals surface area contributed by atoms with Gasteiger partial charge in [-0.3, -0.25) is 4.79 Å². The summed E-state index contributed by atoms with van der Waals surface area (Å²) in [7, 11) is 7.28. The van der Waals surface area contributed by atoms with Gasteiger partial charge in [-0.05, 0) is 60.4 Å². The first-order chi connectivity index (χ1) is 17.4. The van der Waals surface area contributed by atoms with Gasteiger partial charge in [0.15, 0.2) is 11.5 Å². The van der Waals surface area contributed by atoms with Crippen LogP contribution in [0.3, 0.4) is 0 Å². The summed E-state index contributed by atoms with van der Waals surface area (Å²) in [4.78, 5) is 19.8. The average molecular weight is 487 g/mol. The maximum absolute atomic E-state index is 13.1. The van der Waals surface area contributed by atoms with E-state index >= 15 is 0 Å². The zero-order chi connectivity index (χ0) is 25.7. The molecule has 0 fully saturated rings. The van der Waals surface area contributed by atoms with Gasteiger partial charge in [-0.2, -0.15) is 0 Å². The van der Waals surface area contributed by atoms with Crippen LogP contribution in [-0.2, 0) is 11.2 Å². The van der Waals surface area contributed by atoms with Gasteiger partial charge in [0, 0.05) is 51.1 Å². The van der Waals surface area contributed by atoms with Crippen molar-refractivity contribution in [1.82, 2.24) is 14.7 Å². The van der Waals surface area contributed by atoms with Crippen molar-refractivity contribution in [2.24, 2.45) is 0 Å². The van der Waals surface area contributed by atoms with Crippen molar-refractivity contribution >= 4 is 17.2 Å². The highest BCUT2D eigenvalue weighted by atomic mass is 16.5. The van der Waals surface area contributed by atoms with Crippen LogP contribution in [0, 0.1) is 6.92 Å². The van der Waals surface area contributed by atoms with E-state index in [1.165, 1.54) is 0 Å². The molecule has 0 aliphatic carbocycles. The number of hydrogen-bond donors (Lipinski definition) is 1. The van der Waals surface area contributed by atoms with Gasteiger partial charge in [0.25, 0.3) is 0 Å². The van der Waals surface area contributed by atoms with Crippen molar-refractivity contribution in [2.45, 2.75) is 25.7 Å². The Bertz CT molecular complexity index is 1330. The van der Waals surface area contributed by atoms with E-state index in [1.807, 2.05) is 63.7 Å². The van der Waals surface area contributed by atoms with Crippen molar-refractivity contribution < 1.29 is 14.3 Å². The molecule has 2 aromatic heterocycles. The number of ether oxygens (including phenoxy) is 2. The monoisotopic (exact) mass is 486 g/mol. The van der Waals surface area contributed by atoms with E-state index in [-0.39, 0.29) is 11.8 Å². The van der Waals surface area contributed by atoms with Gasteiger partial charge in [-0.1, -0.05) is 24.3 Å². The van der Waals surface area contributed by atoms with Crippen LogP contribution in [0.2, 0.25) is 0 Å². The van der Waals surface area contributed by atoms with Gasteiger partial charge >= 0.3 is 0 Å². The normalized spacial score (nSPS) is 11.8. The van der Waals surface area contributed by atoms with Crippen LogP contribution in [0.15, 0.2) is 67.0 Å². The van der Waals surface area contributed by atoms with Gasteiger partial charge in [-0.25, -0.2) is 4.98 Å². The summed E-state index contributed by atoms with van der Waals surface area (Å²) in [6, 6.07) is 18.3. The Morgan fingerprint density at radius 2 is 1.81 bits per heavy atom. The van der Waals surface area contributed by atoms with Crippen LogP contribution in [0.1, 0.15) is 34.7 Å². The van der Waals surface area contributed by atoms with Crippen LogP contribution in [-0.4, -0.2) is 50.2 Å². The second-order valence-electron chi connectivity index (χ2n) is 9.10. The topological polar surface area (TPSA) is 68.1 Å². The summed E-state index contributed by atoms with van der Waals surface area (Å²) in [6.07, 6.45) is 4.93. The summed E-state index contributed by atoms with van der Waals surface area (Å²) in [5.41, 5.74) is 6.29. The van der Waals surface area contributed by atoms with Crippen molar-refractivity contribution in [3.63, 3.8) is 0 Å². The smallest absolute Gasteiger partial charge is 0.221 e. The summed E-state index contributed by atoms with van der Waals surface area (Å²) < 4.78 is 12.8. The number of amides is 1. The van der Waals surface area contributed by atoms with Crippen LogP contribution in [0.5, 0.6) is 11.5 Å². The Morgan fingerprint density at radius 3 is 2.50 bits per heavy atom. The molecule has 36 heavy (non-hydrogen) atoms. The molecule has 0 saturated carbocycles. The van der Waals surface area contributed by atoms with Crippen LogP contribution < -0.4 is 19.7 Å². The summed E-state index contributed by atoms with van der Waals surface area (Å²) in [6.45, 7) is 2.58. The van der Waals surface area contributed by atoms with E-state index in [2.05, 4.69) is 43.9 Å². The first-order valence-corrected chi connectivity index (χ1v) is 12.1. The number of anilines is 1. The Labute approximate surface area is 212 Å². The van der Waals surface area contributed by atoms with Gasteiger partial charge in [0.2, 0.25) is 5.91 Å². The second-order valence-corrected chi connectivity index (χ2v) is 9.10. The van der Waals surface area contributed by atoms with Gasteiger partial charge in [0.05, 0.1) is 19.9 Å². The minimum atomic E-state index is -0.126. The van der Waals surface area contributed by atoms with E-state index in [4.69, 9.17) is 9.47 Å². The molecule has 0 bridgehead atoms. The molecule has 1 unspecified atom stereocenters. The molecular weight excluding hydrogens is 452 g/mol. The number of methoxy groups -OCH3 is 2. The predicted octanol–water partition coefficient (Wildman–Crippen LogP) is 4.61. The quantitative estimate of drug-likeness (QED) is 0.355. The van der Waals surface area contributed by atoms with Gasteiger partial charge in [0.1, 0.15) is 5.65 Å². The highest BCUT2D eigenvalue weighted by Crippen LogP contribution is 2.31. The summed E-state index contributed by atoms with van der Waals surface area (Å²) >= 11 is 0. The maximum Gasteiger partial charge on any atom is 0.221 e. The van der Waals surface area contributed by atoms with Crippen molar-refractivity contribution in [2.75, 3.05) is 39.8 Å². The van der Waals surface area contributed by atoms with Crippen molar-refractivity contribution in [3.8, 4) is 11.5 Å². The fourth-order valence-corrected chi connectivity index (χ4v) is 4.47. The molecule has 1 atom stereocenters. The number of fused-ring (bicyclic) bond motifs is 1. The van der Waals surface area contributed by atoms with Crippen molar-refractivity contribution in [1.29, 1.82) is 0 Å². The number of nitrogens with zero attached hydrogens (tertiary/aromatic N) is 3. The highest BCUT2D eigenvalue weighted by molar-refractivity contribution is 5.77. The zero-order valence-corrected chi connectivity index (χ0v) is 21.6. The average Bonchev–Trinajstić information content (AvgIpc) is 3.32. The lowest BCUT2D eigenvalue weighted by Gasteiger charge is -2.19. The molecule has 2 aromatic carbocycles. The van der Waals surface area contributed by atoms with E-state index in [0.717, 1.165) is 33.7 Å². The molecule has 2 heterocycles. The molecule has 4 rings (SSSR count). The summed E-state index contributed by atoms with van der Waals surface area (Å²) in [5, 5.41) is 3.10. The molecule has 0 spiro atoms. The van der Waals surface area contributed by atoms with Crippen molar-refractivity contribution in [3.05, 3.63) is 89.4 Å². The molecule has 188 valence electrons. The number of pyridine rings is 1. The Hall–Kier alpha value is -4.00. The van der Waals surface area contributed by atoms with E-state index in [9.17, 15) is 4.79 Å². The van der Waals surface area contributed by atoms with E-state index in [1.54, 1.807) is 14.2 Å². The molecule has 7 heteroatoms. The summed E-state index contributed by atoms with van der Waals surface area (Å²) in [5.74, 6) is 1.25. The number of imidazole rings is 1. The van der Waals surface area contributed by atoms with E-state index in [0.29, 0.717) is 30.9 Å². The molecule has 0 saturated heterocycles. The molecule has 0 aliphatic heterocycles. The third kappa shape index (κ3) is 5.46. The second kappa shape index (κ2) is 11.2. The number of nitrogens with one attached hydrogen (secondary N) is 1. The predicted molar refractivity (Wildman–Crippen MR) is 143 cm³/mol. The van der Waals surface area contributed by atoms with Crippen LogP contribution >= 0.6 is 0 Å². The number of carbonyl (C=O) groups excluding carboxylic acids is 1. The highest BCUT2D eigenvalue weighted by Gasteiger charge is 2.22. The zero-order valence-electron chi connectivity index (χ0n) is 21.6. The number of benzene rings is 2. The minimum Gasteiger partial charge on any atom is -0.493 e. The molecule has 0 radical (unpaired) electrons. The number of aryl methyl sites for hydroxylation is 1. The molecule has 0 aliphatic rings. The SMILES string of the molecule is COc1ccc(CCNC(=O)CC(c2ccc(N(C)C)cc2)c2cnc3c(C)cccn23)cc1OC. The third-order valence-electron chi connectivity index (χ3n) is 6.50. The maximum atomic E-state index is 13.1. The molecule has 1 amide bonds. The number of carbonyl (C=O) groups is 1. The molecule has 1 N–H and O–H groups in total. The fourth-order valence-electron chi connectivity index (χ4n) is 4.47. The fraction of sp³-hybridized carbons (Fsp3) is 0.310. The third-order valence-corrected chi connectivity index (χ3v) is 6.50. The van der Waals surface area contributed by atoms with Gasteiger partial charge in [-0.15, -0.1) is 0 Å². The largest absolute Gasteiger partial charge is 0.493 e. The standard InChI is InChI=1S/C29H34N4O3/c1-20-7-6-16-33-25(19-31-29(20)33)24(22-9-11-23(12-10-22)32(2)3)18-28(34)30-15-14-21-8-13-26(35-4)27(17-21)36-5/h6-13,16-17,19,24H,14-15,18H2,1-5H3,(H,30,34). The Balaban J connectivity index is 1.52. The Morgan fingerprint density at radius 1 is 1.06 bits per heavy atom. The molecule has 7 nitrogen and oxygen atoms in total. The lowest BCUT2D eigenvalue weighted by Crippen LogP contribution is -2.27. The number of aromatic nitrogens is 2. The minimum absolute atomic E-state index is 0.000217. The Kier molecular flexibility index (Phi) is 7.78. The molecule has 4 aromatic rings. The van der Waals surface area contributed by atoms with E-state index < -0.39 is 0 Å². The van der Waals surface area contributed by atoms with Gasteiger partial charge < -0.3 is 24.1 Å². The molecular formula is C29H34N4O3. The number of rotatable bonds is 10. The first-order valence-electron chi connectivity index (χ1n) is 12.1. The lowest BCUT2D eigenvalue weighted by molar-refractivity contribution is -0.121. The van der Waals surface area contributed by atoms with Crippen LogP contribution in [0.4, 0.5) is 5.69 Å². The number of hydrogen-bond acceptors (Lipinski definition) is 5. The first kappa shape index (κ1) is 25.1. The van der Waals surface area contributed by atoms with Crippen LogP contribution in [0.25, 0.3) is 5.65 Å².